The molecule has 0 aliphatic heterocycles. The van der Waals surface area contributed by atoms with E-state index in [0.717, 1.165) is 0 Å². The zero-order valence-electron chi connectivity index (χ0n) is 6.82. The van der Waals surface area contributed by atoms with Crippen LogP contribution in [0.3, 0.4) is 0 Å². The van der Waals surface area contributed by atoms with Crippen molar-refractivity contribution in [2.75, 3.05) is 0 Å². The summed E-state index contributed by atoms with van der Waals surface area (Å²) < 4.78 is 0. The average Bonchev–Trinajstić information content (AvgIpc) is 2.57. The summed E-state index contributed by atoms with van der Waals surface area (Å²) >= 11 is 1.76. The molecule has 1 nitrogen and oxygen atoms in total. The maximum absolute atomic E-state index is 4.06. The fraction of sp³-hybridized carbons (Fsp3) is 0.100. The van der Waals surface area contributed by atoms with Gasteiger partial charge in [-0.05, 0) is 35.6 Å². The highest BCUT2D eigenvalue weighted by Gasteiger charge is 2.00. The van der Waals surface area contributed by atoms with Crippen LogP contribution in [0.5, 0.6) is 0 Å². The molecule has 2 heterocycles. The summed E-state index contributed by atoms with van der Waals surface area (Å²) in [5.41, 5.74) is 2.53. The third-order valence-electron chi connectivity index (χ3n) is 1.81. The lowest BCUT2D eigenvalue weighted by Gasteiger charge is -1.99. The normalized spacial score (nSPS) is 10.1. The molecule has 0 aromatic carbocycles. The van der Waals surface area contributed by atoms with Gasteiger partial charge >= 0.3 is 0 Å². The third kappa shape index (κ3) is 1.25. The molecule has 0 atom stereocenters. The molecule has 0 spiro atoms. The summed E-state index contributed by atoms with van der Waals surface area (Å²) in [4.78, 5) is 5.37. The lowest BCUT2D eigenvalue weighted by molar-refractivity contribution is 1.27. The number of rotatable bonds is 1. The third-order valence-corrected chi connectivity index (χ3v) is 2.71. The predicted octanol–water partition coefficient (Wildman–Crippen LogP) is 3.12. The van der Waals surface area contributed by atoms with Gasteiger partial charge in [-0.1, -0.05) is 6.07 Å². The molecule has 0 fully saturated rings. The van der Waals surface area contributed by atoms with Crippen LogP contribution in [0.1, 0.15) is 5.56 Å². The highest BCUT2D eigenvalue weighted by Crippen LogP contribution is 2.26. The van der Waals surface area contributed by atoms with Gasteiger partial charge in [-0.25, -0.2) is 0 Å². The zero-order valence-corrected chi connectivity index (χ0v) is 7.64. The van der Waals surface area contributed by atoms with Gasteiger partial charge in [0.25, 0.3) is 0 Å². The molecule has 0 aliphatic carbocycles. The lowest BCUT2D eigenvalue weighted by Crippen LogP contribution is -1.80. The molecule has 0 N–H and O–H groups in total. The molecular weight excluding hydrogens is 166 g/mol. The van der Waals surface area contributed by atoms with E-state index in [0.29, 0.717) is 0 Å². The van der Waals surface area contributed by atoms with Crippen LogP contribution in [0.2, 0.25) is 0 Å². The van der Waals surface area contributed by atoms with E-state index in [1.165, 1.54) is 16.0 Å². The first kappa shape index (κ1) is 7.50. The van der Waals surface area contributed by atoms with E-state index in [1.54, 1.807) is 11.3 Å². The van der Waals surface area contributed by atoms with Crippen molar-refractivity contribution >= 4 is 11.3 Å². The van der Waals surface area contributed by atoms with Crippen molar-refractivity contribution in [1.29, 1.82) is 0 Å². The first-order valence-corrected chi connectivity index (χ1v) is 4.70. The maximum Gasteiger partial charge on any atom is 0.0346 e. The molecule has 0 aliphatic rings. The summed E-state index contributed by atoms with van der Waals surface area (Å²) in [5.74, 6) is 0. The van der Waals surface area contributed by atoms with Crippen molar-refractivity contribution in [3.8, 4) is 10.4 Å². The second-order valence-corrected chi connectivity index (χ2v) is 3.62. The van der Waals surface area contributed by atoms with Gasteiger partial charge in [0, 0.05) is 17.3 Å². The van der Waals surface area contributed by atoms with Crippen molar-refractivity contribution in [2.45, 2.75) is 6.92 Å². The summed E-state index contributed by atoms with van der Waals surface area (Å²) in [5, 5.41) is 2.09. The van der Waals surface area contributed by atoms with E-state index in [1.807, 2.05) is 12.4 Å². The van der Waals surface area contributed by atoms with Gasteiger partial charge in [0.05, 0.1) is 0 Å². The topological polar surface area (TPSA) is 12.9 Å². The van der Waals surface area contributed by atoms with Crippen molar-refractivity contribution in [3.05, 3.63) is 41.5 Å². The Labute approximate surface area is 75.7 Å². The van der Waals surface area contributed by atoms with Gasteiger partial charge in [-0.15, -0.1) is 11.3 Å². The van der Waals surface area contributed by atoms with Gasteiger partial charge in [0.1, 0.15) is 0 Å². The molecule has 2 aromatic heterocycles. The molecule has 2 aromatic rings. The molecular formula is C10H9NS. The van der Waals surface area contributed by atoms with Gasteiger partial charge in [0.15, 0.2) is 0 Å². The average molecular weight is 175 g/mol. The lowest BCUT2D eigenvalue weighted by atomic mass is 10.1. The summed E-state index contributed by atoms with van der Waals surface area (Å²) in [6.07, 6.45) is 3.73. The van der Waals surface area contributed by atoms with Gasteiger partial charge in [-0.2, -0.15) is 0 Å². The fourth-order valence-electron chi connectivity index (χ4n) is 1.18. The van der Waals surface area contributed by atoms with Crippen molar-refractivity contribution in [2.24, 2.45) is 0 Å². The van der Waals surface area contributed by atoms with Gasteiger partial charge in [-0.3, -0.25) is 4.98 Å². The van der Waals surface area contributed by atoms with E-state index in [-0.39, 0.29) is 0 Å². The number of hydrogen-bond donors (Lipinski definition) is 0. The first-order chi connectivity index (χ1) is 5.88. The van der Waals surface area contributed by atoms with E-state index < -0.39 is 0 Å². The quantitative estimate of drug-likeness (QED) is 0.649. The number of thiophene rings is 1. The molecule has 0 unspecified atom stereocenters. The van der Waals surface area contributed by atoms with Crippen LogP contribution < -0.4 is 0 Å². The molecule has 2 rings (SSSR count). The van der Waals surface area contributed by atoms with Crippen LogP contribution in [0.4, 0.5) is 0 Å². The number of aryl methyl sites for hydroxylation is 1. The smallest absolute Gasteiger partial charge is 0.0346 e. The Morgan fingerprint density at radius 2 is 2.25 bits per heavy atom. The summed E-state index contributed by atoms with van der Waals surface area (Å²) in [7, 11) is 0. The number of hydrogen-bond acceptors (Lipinski definition) is 2. The summed E-state index contributed by atoms with van der Waals surface area (Å²) in [6.45, 7) is 2.09. The standard InChI is InChI=1S/C10H9NS/c1-8-7-11-5-4-9(8)10-3-2-6-12-10/h2-7H,1H3. The van der Waals surface area contributed by atoms with E-state index in [9.17, 15) is 0 Å². The monoisotopic (exact) mass is 175 g/mol. The van der Waals surface area contributed by atoms with Crippen LogP contribution in [-0.2, 0) is 0 Å². The minimum Gasteiger partial charge on any atom is -0.264 e. The Balaban J connectivity index is 2.55. The largest absolute Gasteiger partial charge is 0.264 e. The summed E-state index contributed by atoms with van der Waals surface area (Å²) in [6, 6.07) is 6.26. The Bertz CT molecular complexity index is 365. The van der Waals surface area contributed by atoms with Crippen LogP contribution in [0.25, 0.3) is 10.4 Å². The first-order valence-electron chi connectivity index (χ1n) is 3.82. The molecule has 0 saturated heterocycles. The fourth-order valence-corrected chi connectivity index (χ4v) is 2.00. The Morgan fingerprint density at radius 1 is 1.33 bits per heavy atom. The molecule has 0 bridgehead atoms. The number of nitrogens with zero attached hydrogens (tertiary/aromatic N) is 1. The molecule has 0 saturated carbocycles. The minimum atomic E-state index is 1.24. The molecule has 2 heteroatoms. The maximum atomic E-state index is 4.06. The molecule has 0 radical (unpaired) electrons. The van der Waals surface area contributed by atoms with Gasteiger partial charge < -0.3 is 0 Å². The van der Waals surface area contributed by atoms with Crippen LogP contribution >= 0.6 is 11.3 Å². The molecule has 0 amide bonds. The highest BCUT2D eigenvalue weighted by molar-refractivity contribution is 7.13. The predicted molar refractivity (Wildman–Crippen MR) is 52.3 cm³/mol. The molecule has 12 heavy (non-hydrogen) atoms. The van der Waals surface area contributed by atoms with E-state index >= 15 is 0 Å². The van der Waals surface area contributed by atoms with Crippen LogP contribution in [-0.4, -0.2) is 4.98 Å². The SMILES string of the molecule is Cc1cnccc1-c1cccs1. The van der Waals surface area contributed by atoms with Crippen LogP contribution in [0.15, 0.2) is 36.0 Å². The van der Waals surface area contributed by atoms with E-state index in [4.69, 9.17) is 0 Å². The number of aromatic nitrogens is 1. The highest BCUT2D eigenvalue weighted by atomic mass is 32.1. The van der Waals surface area contributed by atoms with E-state index in [2.05, 4.69) is 35.5 Å². The number of pyridine rings is 1. The second-order valence-electron chi connectivity index (χ2n) is 2.67. The molecule has 60 valence electrons. The Kier molecular flexibility index (Phi) is 1.92. The Morgan fingerprint density at radius 3 is 2.92 bits per heavy atom. The Hall–Kier alpha value is -1.15. The zero-order chi connectivity index (χ0) is 8.39. The second kappa shape index (κ2) is 3.07. The van der Waals surface area contributed by atoms with Crippen molar-refractivity contribution in [1.82, 2.24) is 4.98 Å². The van der Waals surface area contributed by atoms with Crippen molar-refractivity contribution < 1.29 is 0 Å². The van der Waals surface area contributed by atoms with Gasteiger partial charge in [0.2, 0.25) is 0 Å². The van der Waals surface area contributed by atoms with Crippen molar-refractivity contribution in [3.63, 3.8) is 0 Å². The minimum absolute atomic E-state index is 1.24. The van der Waals surface area contributed by atoms with Crippen LogP contribution in [0, 0.1) is 6.92 Å².